The molecule has 0 spiro atoms. The van der Waals surface area contributed by atoms with E-state index < -0.39 is 5.60 Å². The van der Waals surface area contributed by atoms with Gasteiger partial charge in [-0.05, 0) is 24.8 Å². The van der Waals surface area contributed by atoms with Crippen LogP contribution >= 0.6 is 11.3 Å². The van der Waals surface area contributed by atoms with E-state index in [1.165, 1.54) is 11.3 Å². The Kier molecular flexibility index (Phi) is 5.98. The van der Waals surface area contributed by atoms with Crippen molar-refractivity contribution in [2.45, 2.75) is 32.3 Å². The maximum Gasteiger partial charge on any atom is 0.252 e. The number of nitrogens with one attached hydrogen (secondary N) is 2. The van der Waals surface area contributed by atoms with Gasteiger partial charge >= 0.3 is 0 Å². The molecule has 1 atom stereocenters. The molecule has 0 fully saturated rings. The van der Waals surface area contributed by atoms with Crippen LogP contribution in [0.4, 0.5) is 0 Å². The maximum atomic E-state index is 11.6. The van der Waals surface area contributed by atoms with E-state index in [0.717, 1.165) is 0 Å². The number of aliphatic hydroxyl groups is 1. The van der Waals surface area contributed by atoms with Crippen molar-refractivity contribution in [3.63, 3.8) is 0 Å². The molecule has 1 rings (SSSR count). The van der Waals surface area contributed by atoms with Crippen molar-refractivity contribution in [2.75, 3.05) is 13.1 Å². The van der Waals surface area contributed by atoms with Crippen LogP contribution in [-0.4, -0.2) is 35.6 Å². The van der Waals surface area contributed by atoms with Crippen LogP contribution < -0.4 is 10.6 Å². The van der Waals surface area contributed by atoms with Gasteiger partial charge in [-0.2, -0.15) is 11.3 Å². The Labute approximate surface area is 117 Å². The molecule has 1 heterocycles. The second-order valence-corrected chi connectivity index (χ2v) is 5.43. The summed E-state index contributed by atoms with van der Waals surface area (Å²) in [7, 11) is 0. The van der Waals surface area contributed by atoms with Gasteiger partial charge in [0.2, 0.25) is 5.91 Å². The van der Waals surface area contributed by atoms with Gasteiger partial charge in [-0.25, -0.2) is 0 Å². The highest BCUT2D eigenvalue weighted by molar-refractivity contribution is 7.08. The van der Waals surface area contributed by atoms with Gasteiger partial charge in [-0.1, -0.05) is 6.92 Å². The Hall–Kier alpha value is -1.40. The van der Waals surface area contributed by atoms with Crippen LogP contribution in [0.2, 0.25) is 0 Å². The number of amides is 2. The zero-order chi connectivity index (χ0) is 14.3. The minimum absolute atomic E-state index is 0.172. The molecule has 0 aliphatic heterocycles. The van der Waals surface area contributed by atoms with Crippen molar-refractivity contribution >= 4 is 23.2 Å². The van der Waals surface area contributed by atoms with Crippen molar-refractivity contribution in [1.29, 1.82) is 0 Å². The Morgan fingerprint density at radius 2 is 2.16 bits per heavy atom. The van der Waals surface area contributed by atoms with E-state index in [1.54, 1.807) is 18.4 Å². The molecule has 0 saturated carbocycles. The fourth-order valence-electron chi connectivity index (χ4n) is 1.29. The largest absolute Gasteiger partial charge is 0.388 e. The van der Waals surface area contributed by atoms with Gasteiger partial charge in [0.25, 0.3) is 5.91 Å². The maximum absolute atomic E-state index is 11.6. The smallest absolute Gasteiger partial charge is 0.252 e. The molecular formula is C13H20N2O3S. The molecule has 0 aliphatic carbocycles. The lowest BCUT2D eigenvalue weighted by Crippen LogP contribution is -2.41. The fraction of sp³-hybridized carbons (Fsp3) is 0.538. The third-order valence-corrected chi connectivity index (χ3v) is 3.53. The number of carbonyl (C=O) groups is 2. The number of thiophene rings is 1. The summed E-state index contributed by atoms with van der Waals surface area (Å²) in [4.78, 5) is 23.1. The molecule has 0 radical (unpaired) electrons. The Morgan fingerprint density at radius 1 is 1.42 bits per heavy atom. The first-order chi connectivity index (χ1) is 8.94. The van der Waals surface area contributed by atoms with Crippen LogP contribution in [-0.2, 0) is 4.79 Å². The third-order valence-electron chi connectivity index (χ3n) is 2.85. The SMILES string of the molecule is CCC(C)(O)CNC(=O)CCNC(=O)c1ccsc1. The molecule has 1 aromatic rings. The van der Waals surface area contributed by atoms with Crippen LogP contribution in [0.5, 0.6) is 0 Å². The minimum atomic E-state index is -0.879. The second-order valence-electron chi connectivity index (χ2n) is 4.65. The Bertz CT molecular complexity index is 416. The monoisotopic (exact) mass is 284 g/mol. The molecule has 1 aromatic heterocycles. The number of rotatable bonds is 7. The summed E-state index contributed by atoms with van der Waals surface area (Å²) in [6.07, 6.45) is 0.776. The normalized spacial score (nSPS) is 13.6. The molecular weight excluding hydrogens is 264 g/mol. The summed E-state index contributed by atoms with van der Waals surface area (Å²) < 4.78 is 0. The van der Waals surface area contributed by atoms with Crippen molar-refractivity contribution in [3.8, 4) is 0 Å². The second kappa shape index (κ2) is 7.25. The van der Waals surface area contributed by atoms with Crippen molar-refractivity contribution in [1.82, 2.24) is 10.6 Å². The predicted octanol–water partition coefficient (Wildman–Crippen LogP) is 1.15. The lowest BCUT2D eigenvalue weighted by molar-refractivity contribution is -0.122. The highest BCUT2D eigenvalue weighted by atomic mass is 32.1. The topological polar surface area (TPSA) is 78.4 Å². The Morgan fingerprint density at radius 3 is 2.74 bits per heavy atom. The summed E-state index contributed by atoms with van der Waals surface area (Å²) in [5.41, 5.74) is -0.269. The number of hydrogen-bond donors (Lipinski definition) is 3. The number of hydrogen-bond acceptors (Lipinski definition) is 4. The van der Waals surface area contributed by atoms with Crippen molar-refractivity contribution in [3.05, 3.63) is 22.4 Å². The lowest BCUT2D eigenvalue weighted by atomic mass is 10.0. The predicted molar refractivity (Wildman–Crippen MR) is 75.2 cm³/mol. The fourth-order valence-corrected chi connectivity index (χ4v) is 1.92. The molecule has 0 saturated heterocycles. The first kappa shape index (κ1) is 15.7. The Balaban J connectivity index is 2.19. The zero-order valence-electron chi connectivity index (χ0n) is 11.2. The van der Waals surface area contributed by atoms with E-state index in [1.807, 2.05) is 12.3 Å². The summed E-state index contributed by atoms with van der Waals surface area (Å²) in [5, 5.41) is 18.6. The van der Waals surface area contributed by atoms with Crippen LogP contribution in [0.15, 0.2) is 16.8 Å². The van der Waals surface area contributed by atoms with Crippen molar-refractivity contribution < 1.29 is 14.7 Å². The summed E-state index contributed by atoms with van der Waals surface area (Å²) in [6.45, 7) is 4.04. The van der Waals surface area contributed by atoms with Crippen LogP contribution in [0.25, 0.3) is 0 Å². The molecule has 1 unspecified atom stereocenters. The molecule has 3 N–H and O–H groups in total. The standard InChI is InChI=1S/C13H20N2O3S/c1-3-13(2,18)9-15-11(16)4-6-14-12(17)10-5-7-19-8-10/h5,7-8,18H,3-4,6,9H2,1-2H3,(H,14,17)(H,15,16). The van der Waals surface area contributed by atoms with Gasteiger partial charge in [-0.3, -0.25) is 9.59 Å². The van der Waals surface area contributed by atoms with Crippen LogP contribution in [0.3, 0.4) is 0 Å². The van der Waals surface area contributed by atoms with Gasteiger partial charge in [0.05, 0.1) is 5.60 Å². The molecule has 2 amide bonds. The van der Waals surface area contributed by atoms with E-state index in [2.05, 4.69) is 10.6 Å². The molecule has 19 heavy (non-hydrogen) atoms. The molecule has 5 nitrogen and oxygen atoms in total. The summed E-state index contributed by atoms with van der Waals surface area (Å²) in [5.74, 6) is -0.353. The number of carbonyl (C=O) groups excluding carboxylic acids is 2. The molecule has 106 valence electrons. The van der Waals surface area contributed by atoms with E-state index >= 15 is 0 Å². The van der Waals surface area contributed by atoms with Gasteiger partial charge in [0.1, 0.15) is 0 Å². The van der Waals surface area contributed by atoms with E-state index in [-0.39, 0.29) is 31.3 Å². The molecule has 0 aliphatic rings. The highest BCUT2D eigenvalue weighted by Crippen LogP contribution is 2.06. The van der Waals surface area contributed by atoms with Crippen LogP contribution in [0.1, 0.15) is 37.0 Å². The molecule has 0 bridgehead atoms. The van der Waals surface area contributed by atoms with E-state index in [0.29, 0.717) is 12.0 Å². The first-order valence-electron chi connectivity index (χ1n) is 6.24. The average Bonchev–Trinajstić information content (AvgIpc) is 2.90. The van der Waals surface area contributed by atoms with E-state index in [9.17, 15) is 14.7 Å². The zero-order valence-corrected chi connectivity index (χ0v) is 12.0. The first-order valence-corrected chi connectivity index (χ1v) is 7.18. The van der Waals surface area contributed by atoms with Crippen LogP contribution in [0, 0.1) is 0 Å². The van der Waals surface area contributed by atoms with E-state index in [4.69, 9.17) is 0 Å². The minimum Gasteiger partial charge on any atom is -0.388 e. The summed E-state index contributed by atoms with van der Waals surface area (Å²) in [6, 6.07) is 1.73. The third kappa shape index (κ3) is 5.85. The molecule has 0 aromatic carbocycles. The van der Waals surface area contributed by atoms with Crippen molar-refractivity contribution in [2.24, 2.45) is 0 Å². The molecule has 6 heteroatoms. The van der Waals surface area contributed by atoms with Gasteiger partial charge < -0.3 is 15.7 Å². The quantitative estimate of drug-likeness (QED) is 0.702. The van der Waals surface area contributed by atoms with Gasteiger partial charge in [-0.15, -0.1) is 0 Å². The van der Waals surface area contributed by atoms with Gasteiger partial charge in [0.15, 0.2) is 0 Å². The lowest BCUT2D eigenvalue weighted by Gasteiger charge is -2.21. The van der Waals surface area contributed by atoms with Gasteiger partial charge in [0, 0.05) is 30.5 Å². The average molecular weight is 284 g/mol. The summed E-state index contributed by atoms with van der Waals surface area (Å²) >= 11 is 1.45. The highest BCUT2D eigenvalue weighted by Gasteiger charge is 2.18.